The second-order valence-corrected chi connectivity index (χ2v) is 12.8. The van der Waals surface area contributed by atoms with Crippen LogP contribution in [-0.2, 0) is -0.565 Å². The predicted octanol–water partition coefficient (Wildman–Crippen LogP) is 3.50. The van der Waals surface area contributed by atoms with Crippen molar-refractivity contribution in [2.75, 3.05) is 0 Å². The normalized spacial score (nSPS) is 11.5. The molecule has 0 unspecified atom stereocenters. The monoisotopic (exact) mass is 471 g/mol. The largest absolute Gasteiger partial charge is 0.258 e. The summed E-state index contributed by atoms with van der Waals surface area (Å²) in [7, 11) is 0. The fourth-order valence-corrected chi connectivity index (χ4v) is 1.49. The van der Waals surface area contributed by atoms with E-state index in [0.717, 1.165) is 5.69 Å². The second kappa shape index (κ2) is 3.83. The maximum absolute atomic E-state index is 4.23. The Morgan fingerprint density at radius 2 is 1.90 bits per heavy atom. The molecule has 0 aliphatic rings. The van der Waals surface area contributed by atoms with Crippen molar-refractivity contribution in [1.29, 1.82) is 0 Å². The van der Waals surface area contributed by atoms with Gasteiger partial charge >= 0.3 is 0 Å². The fourth-order valence-electron chi connectivity index (χ4n) is 0.530. The molecular formula is C6H4I3N. The number of nitrogens with zero attached hydrogens (tertiary/aromatic N) is 1. The molecule has 0 spiro atoms. The van der Waals surface area contributed by atoms with Crippen LogP contribution < -0.4 is 0 Å². The molecule has 1 nitrogen and oxygen atoms in total. The maximum atomic E-state index is 4.23. The van der Waals surface area contributed by atoms with Crippen LogP contribution in [0.2, 0.25) is 0 Å². The molecule has 0 saturated carbocycles. The van der Waals surface area contributed by atoms with Crippen LogP contribution in [0.25, 0.3) is 0 Å². The molecule has 1 heterocycles. The lowest BCUT2D eigenvalue weighted by Crippen LogP contribution is -1.98. The summed E-state index contributed by atoms with van der Waals surface area (Å²) < 4.78 is 0.0918. The molecule has 0 fully saturated rings. The summed E-state index contributed by atoms with van der Waals surface area (Å²) in [6.07, 6.45) is 1.82. The molecule has 0 aliphatic carbocycles. The van der Waals surface area contributed by atoms with E-state index in [9.17, 15) is 0 Å². The summed E-state index contributed by atoms with van der Waals surface area (Å²) >= 11 is 7.06. The van der Waals surface area contributed by atoms with Gasteiger partial charge in [0.1, 0.15) is 0 Å². The van der Waals surface area contributed by atoms with E-state index in [0.29, 0.717) is 0 Å². The first-order valence-corrected chi connectivity index (χ1v) is 5.82. The van der Waals surface area contributed by atoms with Gasteiger partial charge in [0, 0.05) is 6.20 Å². The van der Waals surface area contributed by atoms with Gasteiger partial charge in [0.25, 0.3) is 0 Å². The predicted molar refractivity (Wildman–Crippen MR) is 68.0 cm³/mol. The van der Waals surface area contributed by atoms with Crippen molar-refractivity contribution in [3.05, 3.63) is 30.1 Å². The Hall–Kier alpha value is 1.34. The van der Waals surface area contributed by atoms with E-state index in [-0.39, 0.29) is -0.565 Å². The first kappa shape index (κ1) is 9.43. The lowest BCUT2D eigenvalue weighted by atomic mass is 10.4. The van der Waals surface area contributed by atoms with Crippen molar-refractivity contribution >= 4 is 67.8 Å². The number of hydrogen-bond donors (Lipinski definition) is 0. The van der Waals surface area contributed by atoms with Crippen molar-refractivity contribution < 1.29 is 0 Å². The summed E-state index contributed by atoms with van der Waals surface area (Å²) in [5.41, 5.74) is 1.11. The minimum atomic E-state index is 0.0918. The fraction of sp³-hybridized carbons (Fsp3) is 0.167. The number of rotatable bonds is 1. The molecule has 1 rings (SSSR count). The smallest absolute Gasteiger partial charge is 0.165 e. The Labute approximate surface area is 101 Å². The van der Waals surface area contributed by atoms with Gasteiger partial charge in [0.15, 0.2) is -0.565 Å². The molecular weight excluding hydrogens is 467 g/mol. The van der Waals surface area contributed by atoms with Crippen molar-refractivity contribution in [2.45, 2.75) is -0.565 Å². The van der Waals surface area contributed by atoms with Crippen molar-refractivity contribution in [2.24, 2.45) is 0 Å². The first-order valence-electron chi connectivity index (χ1n) is 2.59. The average Bonchev–Trinajstić information content (AvgIpc) is 1.88. The number of hydrogen-bond acceptors (Lipinski definition) is 1. The Morgan fingerprint density at radius 3 is 2.20 bits per heavy atom. The van der Waals surface area contributed by atoms with Crippen molar-refractivity contribution in [1.82, 2.24) is 4.98 Å². The molecule has 1 aromatic rings. The van der Waals surface area contributed by atoms with Crippen LogP contribution in [0.3, 0.4) is 0 Å². The highest BCUT2D eigenvalue weighted by Crippen LogP contribution is 2.44. The third-order valence-electron chi connectivity index (χ3n) is 0.955. The third-order valence-corrected chi connectivity index (χ3v) is 2.61. The minimum Gasteiger partial charge on any atom is -0.258 e. The number of halogens is 3. The van der Waals surface area contributed by atoms with E-state index in [2.05, 4.69) is 72.8 Å². The molecule has 0 amide bonds. The van der Waals surface area contributed by atoms with E-state index < -0.39 is 0 Å². The molecule has 0 N–H and O–H groups in total. The van der Waals surface area contributed by atoms with Gasteiger partial charge in [-0.15, -0.1) is 0 Å². The highest BCUT2D eigenvalue weighted by atomic mass is 127. The molecule has 4 heteroatoms. The van der Waals surface area contributed by atoms with Crippen molar-refractivity contribution in [3.8, 4) is 0 Å². The average molecular weight is 471 g/mol. The molecule has 0 aliphatic heterocycles. The lowest BCUT2D eigenvalue weighted by molar-refractivity contribution is 1.18. The van der Waals surface area contributed by atoms with Gasteiger partial charge in [0.2, 0.25) is 0 Å². The summed E-state index contributed by atoms with van der Waals surface area (Å²) in [5, 5.41) is 0. The Bertz CT molecular complexity index is 204. The van der Waals surface area contributed by atoms with E-state index in [1.165, 1.54) is 0 Å². The number of alkyl halides is 3. The lowest BCUT2D eigenvalue weighted by Gasteiger charge is -2.09. The Kier molecular flexibility index (Phi) is 3.61. The highest BCUT2D eigenvalue weighted by molar-refractivity contribution is 14.3. The molecule has 1 aromatic heterocycles. The van der Waals surface area contributed by atoms with Crippen LogP contribution in [0.4, 0.5) is 0 Å². The quantitative estimate of drug-likeness (QED) is 0.452. The van der Waals surface area contributed by atoms with Gasteiger partial charge in [-0.2, -0.15) is 0 Å². The van der Waals surface area contributed by atoms with Crippen LogP contribution in [0.15, 0.2) is 24.4 Å². The standard InChI is InChI=1S/C6H4I3N/c7-6(8,9)5-3-1-2-4-10-5/h1-4H. The summed E-state index contributed by atoms with van der Waals surface area (Å²) in [5.74, 6) is 0. The molecule has 0 aromatic carbocycles. The molecule has 0 atom stereocenters. The first-order chi connectivity index (χ1) is 4.61. The van der Waals surface area contributed by atoms with E-state index in [1.54, 1.807) is 0 Å². The molecule has 0 saturated heterocycles. The van der Waals surface area contributed by atoms with Gasteiger partial charge in [-0.05, 0) is 79.9 Å². The SMILES string of the molecule is IC(I)(I)c1ccccn1. The van der Waals surface area contributed by atoms with Crippen LogP contribution in [-0.4, -0.2) is 4.98 Å². The Balaban J connectivity index is 2.97. The topological polar surface area (TPSA) is 12.9 Å². The summed E-state index contributed by atoms with van der Waals surface area (Å²) in [4.78, 5) is 4.23. The summed E-state index contributed by atoms with van der Waals surface area (Å²) in [6.45, 7) is 0. The highest BCUT2D eigenvalue weighted by Gasteiger charge is 2.20. The van der Waals surface area contributed by atoms with E-state index in [1.807, 2.05) is 24.4 Å². The van der Waals surface area contributed by atoms with Gasteiger partial charge in [-0.3, -0.25) is 4.98 Å². The van der Waals surface area contributed by atoms with Gasteiger partial charge in [0.05, 0.1) is 5.69 Å². The van der Waals surface area contributed by atoms with Crippen LogP contribution in [0.5, 0.6) is 0 Å². The second-order valence-electron chi connectivity index (χ2n) is 1.71. The van der Waals surface area contributed by atoms with E-state index in [4.69, 9.17) is 0 Å². The minimum absolute atomic E-state index is 0.0918. The maximum Gasteiger partial charge on any atom is 0.165 e. The zero-order valence-corrected chi connectivity index (χ0v) is 11.4. The van der Waals surface area contributed by atoms with Gasteiger partial charge in [-0.25, -0.2) is 0 Å². The summed E-state index contributed by atoms with van der Waals surface area (Å²) in [6, 6.07) is 5.97. The van der Waals surface area contributed by atoms with Crippen LogP contribution in [0, 0.1) is 0 Å². The molecule has 54 valence electrons. The van der Waals surface area contributed by atoms with Crippen molar-refractivity contribution in [3.63, 3.8) is 0 Å². The molecule has 10 heavy (non-hydrogen) atoms. The van der Waals surface area contributed by atoms with Crippen LogP contribution in [0.1, 0.15) is 5.69 Å². The van der Waals surface area contributed by atoms with Gasteiger partial charge in [-0.1, -0.05) is 6.07 Å². The third kappa shape index (κ3) is 2.76. The zero-order chi connectivity index (χ0) is 7.61. The van der Waals surface area contributed by atoms with Gasteiger partial charge < -0.3 is 0 Å². The zero-order valence-electron chi connectivity index (χ0n) is 4.89. The van der Waals surface area contributed by atoms with Crippen LogP contribution >= 0.6 is 67.8 Å². The Morgan fingerprint density at radius 1 is 1.20 bits per heavy atom. The molecule has 0 bridgehead atoms. The number of aromatic nitrogens is 1. The number of pyridine rings is 1. The van der Waals surface area contributed by atoms with E-state index >= 15 is 0 Å². The molecule has 0 radical (unpaired) electrons.